The Morgan fingerprint density at radius 3 is 2.40 bits per heavy atom. The van der Waals surface area contributed by atoms with Gasteiger partial charge in [0.05, 0.1) is 5.39 Å². The standard InChI is InChI=1S/C13H16N2O4S/c1-5-14-11-8(7(4)9(20-11)12(17)18)10(16)15(6(2)3)13(14)19/h6H,5H2,1-4H3,(H,17,18). The van der Waals surface area contributed by atoms with Crippen LogP contribution in [0.2, 0.25) is 0 Å². The van der Waals surface area contributed by atoms with Crippen molar-refractivity contribution in [3.05, 3.63) is 31.3 Å². The SMILES string of the molecule is CCn1c(=O)n(C(C)C)c(=O)c2c(C)c(C(=O)O)sc21. The summed E-state index contributed by atoms with van der Waals surface area (Å²) in [6.45, 7) is 7.31. The number of aromatic carboxylic acids is 1. The van der Waals surface area contributed by atoms with Crippen molar-refractivity contribution in [2.24, 2.45) is 0 Å². The number of hydrogen-bond acceptors (Lipinski definition) is 4. The van der Waals surface area contributed by atoms with Gasteiger partial charge in [0.25, 0.3) is 5.56 Å². The van der Waals surface area contributed by atoms with E-state index in [-0.39, 0.29) is 10.9 Å². The summed E-state index contributed by atoms with van der Waals surface area (Å²) in [6, 6.07) is -0.273. The molecule has 0 aliphatic rings. The van der Waals surface area contributed by atoms with Gasteiger partial charge >= 0.3 is 11.7 Å². The molecule has 6 nitrogen and oxygen atoms in total. The number of nitrogens with zero attached hydrogens (tertiary/aromatic N) is 2. The van der Waals surface area contributed by atoms with Crippen LogP contribution in [0.5, 0.6) is 0 Å². The largest absolute Gasteiger partial charge is 0.477 e. The van der Waals surface area contributed by atoms with Crippen molar-refractivity contribution < 1.29 is 9.90 Å². The van der Waals surface area contributed by atoms with Crippen molar-refractivity contribution in [1.29, 1.82) is 0 Å². The number of aryl methyl sites for hydroxylation is 2. The number of rotatable bonds is 3. The highest BCUT2D eigenvalue weighted by Gasteiger charge is 2.22. The van der Waals surface area contributed by atoms with Crippen molar-refractivity contribution >= 4 is 27.5 Å². The van der Waals surface area contributed by atoms with Crippen molar-refractivity contribution in [2.45, 2.75) is 40.3 Å². The van der Waals surface area contributed by atoms with Crippen molar-refractivity contribution in [2.75, 3.05) is 0 Å². The molecule has 108 valence electrons. The molecule has 20 heavy (non-hydrogen) atoms. The third-order valence-corrected chi connectivity index (χ3v) is 4.57. The van der Waals surface area contributed by atoms with Gasteiger partial charge in [-0.3, -0.25) is 13.9 Å². The molecule has 0 bridgehead atoms. The fraction of sp³-hybridized carbons (Fsp3) is 0.462. The summed E-state index contributed by atoms with van der Waals surface area (Å²) in [5.41, 5.74) is -0.372. The van der Waals surface area contributed by atoms with Crippen LogP contribution in [-0.2, 0) is 6.54 Å². The number of carboxylic acids is 1. The average Bonchev–Trinajstić information content (AvgIpc) is 2.67. The first-order valence-electron chi connectivity index (χ1n) is 6.32. The van der Waals surface area contributed by atoms with Gasteiger partial charge < -0.3 is 5.11 Å². The van der Waals surface area contributed by atoms with Crippen LogP contribution in [0.3, 0.4) is 0 Å². The van der Waals surface area contributed by atoms with Gasteiger partial charge in [-0.05, 0) is 33.3 Å². The van der Waals surface area contributed by atoms with Gasteiger partial charge in [0.2, 0.25) is 0 Å². The molecule has 0 aliphatic heterocycles. The molecule has 0 aliphatic carbocycles. The summed E-state index contributed by atoms with van der Waals surface area (Å²) in [4.78, 5) is 36.6. The van der Waals surface area contributed by atoms with Crippen LogP contribution in [0.15, 0.2) is 9.59 Å². The highest BCUT2D eigenvalue weighted by molar-refractivity contribution is 7.20. The predicted octanol–water partition coefficient (Wildman–Crippen LogP) is 1.83. The first kappa shape index (κ1) is 14.5. The number of aromatic nitrogens is 2. The Hall–Kier alpha value is -1.89. The Bertz CT molecular complexity index is 810. The lowest BCUT2D eigenvalue weighted by Gasteiger charge is -2.13. The van der Waals surface area contributed by atoms with E-state index in [1.165, 1.54) is 9.13 Å². The minimum atomic E-state index is -1.07. The molecule has 0 spiro atoms. The third kappa shape index (κ3) is 1.89. The number of thiophene rings is 1. The zero-order chi connectivity index (χ0) is 15.2. The quantitative estimate of drug-likeness (QED) is 0.937. The fourth-order valence-electron chi connectivity index (χ4n) is 2.30. The Morgan fingerprint density at radius 2 is 1.95 bits per heavy atom. The van der Waals surface area contributed by atoms with E-state index in [1.54, 1.807) is 27.7 Å². The highest BCUT2D eigenvalue weighted by Crippen LogP contribution is 2.27. The lowest BCUT2D eigenvalue weighted by Crippen LogP contribution is -2.40. The van der Waals surface area contributed by atoms with Crippen LogP contribution in [0.25, 0.3) is 10.2 Å². The maximum atomic E-state index is 12.5. The summed E-state index contributed by atoms with van der Waals surface area (Å²) in [7, 11) is 0. The molecule has 0 unspecified atom stereocenters. The molecule has 7 heteroatoms. The van der Waals surface area contributed by atoms with Crippen LogP contribution in [-0.4, -0.2) is 20.2 Å². The van der Waals surface area contributed by atoms with Gasteiger partial charge in [0.15, 0.2) is 0 Å². The van der Waals surface area contributed by atoms with Gasteiger partial charge in [-0.25, -0.2) is 9.59 Å². The molecule has 0 radical (unpaired) electrons. The monoisotopic (exact) mass is 296 g/mol. The summed E-state index contributed by atoms with van der Waals surface area (Å²) in [5.74, 6) is -1.07. The van der Waals surface area contributed by atoms with Crippen molar-refractivity contribution in [1.82, 2.24) is 9.13 Å². The van der Waals surface area contributed by atoms with Crippen LogP contribution >= 0.6 is 11.3 Å². The second-order valence-corrected chi connectivity index (χ2v) is 5.84. The second kappa shape index (κ2) is 4.90. The Kier molecular flexibility index (Phi) is 3.56. The topological polar surface area (TPSA) is 81.3 Å². The molecule has 2 rings (SSSR count). The van der Waals surface area contributed by atoms with E-state index in [9.17, 15) is 19.5 Å². The van der Waals surface area contributed by atoms with E-state index in [0.717, 1.165) is 11.3 Å². The van der Waals surface area contributed by atoms with Crippen molar-refractivity contribution in [3.8, 4) is 0 Å². The van der Waals surface area contributed by atoms with E-state index < -0.39 is 17.2 Å². The molecule has 0 atom stereocenters. The van der Waals surface area contributed by atoms with Crippen molar-refractivity contribution in [3.63, 3.8) is 0 Å². The van der Waals surface area contributed by atoms with Crippen LogP contribution in [0, 0.1) is 6.92 Å². The van der Waals surface area contributed by atoms with E-state index in [2.05, 4.69) is 0 Å². The molecule has 0 fully saturated rings. The first-order chi connectivity index (χ1) is 9.31. The minimum Gasteiger partial charge on any atom is -0.477 e. The second-order valence-electron chi connectivity index (χ2n) is 4.84. The van der Waals surface area contributed by atoms with Gasteiger partial charge in [-0.2, -0.15) is 0 Å². The molecule has 0 saturated carbocycles. The molecular weight excluding hydrogens is 280 g/mol. The van der Waals surface area contributed by atoms with Gasteiger partial charge in [-0.1, -0.05) is 0 Å². The summed E-state index contributed by atoms with van der Waals surface area (Å²) in [6.07, 6.45) is 0. The molecule has 0 saturated heterocycles. The van der Waals surface area contributed by atoms with Gasteiger partial charge in [0, 0.05) is 12.6 Å². The Labute approximate surface area is 118 Å². The van der Waals surface area contributed by atoms with E-state index in [0.29, 0.717) is 22.3 Å². The Balaban J connectivity index is 3.11. The first-order valence-corrected chi connectivity index (χ1v) is 7.14. The molecule has 2 aromatic rings. The van der Waals surface area contributed by atoms with Crippen LogP contribution in [0.1, 0.15) is 42.0 Å². The Morgan fingerprint density at radius 1 is 1.35 bits per heavy atom. The molecule has 1 N–H and O–H groups in total. The molecule has 0 aromatic carbocycles. The molecule has 2 heterocycles. The maximum absolute atomic E-state index is 12.5. The third-order valence-electron chi connectivity index (χ3n) is 3.27. The highest BCUT2D eigenvalue weighted by atomic mass is 32.1. The molecule has 0 amide bonds. The van der Waals surface area contributed by atoms with Crippen LogP contribution in [0.4, 0.5) is 0 Å². The van der Waals surface area contributed by atoms with E-state index >= 15 is 0 Å². The number of carboxylic acid groups (broad SMARTS) is 1. The van der Waals surface area contributed by atoms with Gasteiger partial charge in [-0.15, -0.1) is 11.3 Å². The zero-order valence-electron chi connectivity index (χ0n) is 11.8. The number of hydrogen-bond donors (Lipinski definition) is 1. The van der Waals surface area contributed by atoms with Gasteiger partial charge in [0.1, 0.15) is 9.71 Å². The lowest BCUT2D eigenvalue weighted by atomic mass is 10.2. The number of carbonyl (C=O) groups is 1. The average molecular weight is 296 g/mol. The molecule has 2 aromatic heterocycles. The number of fused-ring (bicyclic) bond motifs is 1. The summed E-state index contributed by atoms with van der Waals surface area (Å²) < 4.78 is 2.64. The zero-order valence-corrected chi connectivity index (χ0v) is 12.6. The normalized spacial score (nSPS) is 11.4. The van der Waals surface area contributed by atoms with E-state index in [1.807, 2.05) is 0 Å². The lowest BCUT2D eigenvalue weighted by molar-refractivity contribution is 0.0701. The minimum absolute atomic E-state index is 0.111. The smallest absolute Gasteiger partial charge is 0.346 e. The van der Waals surface area contributed by atoms with E-state index in [4.69, 9.17) is 0 Å². The van der Waals surface area contributed by atoms with Crippen LogP contribution < -0.4 is 11.2 Å². The molecular formula is C13H16N2O4S. The predicted molar refractivity (Wildman–Crippen MR) is 78.1 cm³/mol. The fourth-order valence-corrected chi connectivity index (χ4v) is 3.50. The maximum Gasteiger partial charge on any atom is 0.346 e. The summed E-state index contributed by atoms with van der Waals surface area (Å²) >= 11 is 0.982. The summed E-state index contributed by atoms with van der Waals surface area (Å²) in [5, 5.41) is 9.52.